The van der Waals surface area contributed by atoms with Gasteiger partial charge in [-0.2, -0.15) is 0 Å². The third-order valence-corrected chi connectivity index (χ3v) is 4.00. The Kier molecular flexibility index (Phi) is 4.11. The van der Waals surface area contributed by atoms with E-state index in [1.807, 2.05) is 0 Å². The number of hydrogen-bond acceptors (Lipinski definition) is 4. The fourth-order valence-corrected chi connectivity index (χ4v) is 2.57. The van der Waals surface area contributed by atoms with E-state index in [2.05, 4.69) is 0 Å². The summed E-state index contributed by atoms with van der Waals surface area (Å²) in [5, 5.41) is 1.51. The van der Waals surface area contributed by atoms with Gasteiger partial charge in [-0.05, 0) is 42.0 Å². The lowest BCUT2D eigenvalue weighted by molar-refractivity contribution is 0.0989. The first-order valence-electron chi connectivity index (χ1n) is 6.74. The average molecular weight is 348 g/mol. The third kappa shape index (κ3) is 3.23. The maximum Gasteiger partial charge on any atom is 0.347 e. The van der Waals surface area contributed by atoms with E-state index in [-0.39, 0.29) is 17.8 Å². The van der Waals surface area contributed by atoms with E-state index in [1.54, 1.807) is 36.4 Å². The Morgan fingerprint density at radius 1 is 1.09 bits per heavy atom. The second-order valence-corrected chi connectivity index (χ2v) is 5.93. The molecule has 0 spiro atoms. The average Bonchev–Trinajstić information content (AvgIpc) is 2.50. The van der Waals surface area contributed by atoms with E-state index in [9.17, 15) is 9.59 Å². The van der Waals surface area contributed by atoms with Crippen LogP contribution in [-0.2, 0) is 6.42 Å². The van der Waals surface area contributed by atoms with Gasteiger partial charge in [0.15, 0.2) is 5.78 Å². The molecule has 2 aromatic carbocycles. The predicted octanol–water partition coefficient (Wildman–Crippen LogP) is 4.11. The monoisotopic (exact) mass is 347 g/mol. The van der Waals surface area contributed by atoms with Crippen molar-refractivity contribution in [2.75, 3.05) is 5.73 Å². The summed E-state index contributed by atoms with van der Waals surface area (Å²) in [4.78, 5) is 24.4. The molecule has 23 heavy (non-hydrogen) atoms. The zero-order valence-corrected chi connectivity index (χ0v) is 13.3. The van der Waals surface area contributed by atoms with Crippen LogP contribution in [0.25, 0.3) is 11.0 Å². The summed E-state index contributed by atoms with van der Waals surface area (Å²) in [6, 6.07) is 11.3. The Morgan fingerprint density at radius 3 is 2.61 bits per heavy atom. The molecule has 1 heterocycles. The Bertz CT molecular complexity index is 979. The summed E-state index contributed by atoms with van der Waals surface area (Å²) in [5.74, 6) is -0.359. The van der Waals surface area contributed by atoms with Gasteiger partial charge in [-0.1, -0.05) is 29.3 Å². The van der Waals surface area contributed by atoms with Crippen LogP contribution in [0.1, 0.15) is 15.9 Å². The van der Waals surface area contributed by atoms with Crippen molar-refractivity contribution >= 4 is 45.6 Å². The number of nitrogen functional groups attached to an aromatic ring is 1. The van der Waals surface area contributed by atoms with E-state index in [4.69, 9.17) is 33.4 Å². The largest absolute Gasteiger partial charge is 0.422 e. The molecule has 0 saturated carbocycles. The lowest BCUT2D eigenvalue weighted by atomic mass is 10.0. The topological polar surface area (TPSA) is 73.3 Å². The molecule has 0 unspecified atom stereocenters. The molecule has 0 aliphatic carbocycles. The third-order valence-electron chi connectivity index (χ3n) is 3.42. The summed E-state index contributed by atoms with van der Waals surface area (Å²) in [7, 11) is 0. The van der Waals surface area contributed by atoms with Gasteiger partial charge >= 0.3 is 5.63 Å². The van der Waals surface area contributed by atoms with Crippen molar-refractivity contribution in [3.05, 3.63) is 74.1 Å². The molecule has 0 aliphatic rings. The van der Waals surface area contributed by atoms with Crippen LogP contribution >= 0.6 is 23.2 Å². The number of anilines is 1. The predicted molar refractivity (Wildman–Crippen MR) is 91.4 cm³/mol. The fraction of sp³-hybridized carbons (Fsp3) is 0.0588. The Labute approximate surface area is 141 Å². The molecule has 4 nitrogen and oxygen atoms in total. The minimum absolute atomic E-state index is 0.0201. The Hall–Kier alpha value is -2.30. The van der Waals surface area contributed by atoms with Crippen molar-refractivity contribution in [3.63, 3.8) is 0 Å². The Morgan fingerprint density at radius 2 is 1.87 bits per heavy atom. The lowest BCUT2D eigenvalue weighted by Crippen LogP contribution is -2.15. The molecule has 0 atom stereocenters. The van der Waals surface area contributed by atoms with Gasteiger partial charge in [0.25, 0.3) is 0 Å². The molecule has 0 saturated heterocycles. The maximum absolute atomic E-state index is 12.4. The maximum atomic E-state index is 12.4. The molecular weight excluding hydrogens is 337 g/mol. The zero-order chi connectivity index (χ0) is 16.6. The summed E-state index contributed by atoms with van der Waals surface area (Å²) in [5.41, 5.74) is 6.46. The Balaban J connectivity index is 1.98. The number of rotatable bonds is 3. The smallest absolute Gasteiger partial charge is 0.347 e. The quantitative estimate of drug-likeness (QED) is 0.439. The number of Topliss-reactive ketones (excluding diaryl/α,β-unsaturated/α-hetero) is 1. The van der Waals surface area contributed by atoms with Crippen molar-refractivity contribution in [1.29, 1.82) is 0 Å². The van der Waals surface area contributed by atoms with Gasteiger partial charge in [0.05, 0.1) is 10.7 Å². The minimum atomic E-state index is -0.674. The second-order valence-electron chi connectivity index (χ2n) is 5.09. The molecule has 0 aliphatic heterocycles. The molecule has 2 N–H and O–H groups in total. The van der Waals surface area contributed by atoms with Crippen LogP contribution in [0.3, 0.4) is 0 Å². The van der Waals surface area contributed by atoms with Crippen molar-refractivity contribution in [3.8, 4) is 0 Å². The lowest BCUT2D eigenvalue weighted by Gasteiger charge is -2.04. The van der Waals surface area contributed by atoms with Crippen molar-refractivity contribution in [1.82, 2.24) is 0 Å². The highest BCUT2D eigenvalue weighted by atomic mass is 35.5. The number of halogens is 2. The van der Waals surface area contributed by atoms with Crippen molar-refractivity contribution < 1.29 is 9.21 Å². The highest BCUT2D eigenvalue weighted by Gasteiger charge is 2.15. The van der Waals surface area contributed by atoms with Crippen LogP contribution in [-0.4, -0.2) is 5.78 Å². The van der Waals surface area contributed by atoms with Crippen LogP contribution < -0.4 is 11.4 Å². The van der Waals surface area contributed by atoms with Gasteiger partial charge in [-0.3, -0.25) is 4.79 Å². The second kappa shape index (κ2) is 6.07. The van der Waals surface area contributed by atoms with Crippen LogP contribution in [0.5, 0.6) is 0 Å². The molecule has 3 rings (SSSR count). The van der Waals surface area contributed by atoms with Gasteiger partial charge in [-0.15, -0.1) is 0 Å². The van der Waals surface area contributed by atoms with E-state index >= 15 is 0 Å². The highest BCUT2D eigenvalue weighted by molar-refractivity contribution is 6.33. The molecule has 0 fully saturated rings. The van der Waals surface area contributed by atoms with E-state index < -0.39 is 5.63 Å². The van der Waals surface area contributed by atoms with E-state index in [0.717, 1.165) is 0 Å². The normalized spacial score (nSPS) is 10.9. The summed E-state index contributed by atoms with van der Waals surface area (Å²) in [6.45, 7) is 0. The molecule has 6 heteroatoms. The summed E-state index contributed by atoms with van der Waals surface area (Å²) in [6.07, 6.45) is 0.0260. The zero-order valence-electron chi connectivity index (χ0n) is 11.8. The molecule has 1 aromatic heterocycles. The van der Waals surface area contributed by atoms with Crippen LogP contribution in [0.2, 0.25) is 10.0 Å². The first-order valence-corrected chi connectivity index (χ1v) is 7.50. The summed E-state index contributed by atoms with van der Waals surface area (Å²) < 4.78 is 5.17. The van der Waals surface area contributed by atoms with Gasteiger partial charge in [0.1, 0.15) is 11.1 Å². The molecule has 0 radical (unpaired) electrons. The van der Waals surface area contributed by atoms with Gasteiger partial charge in [-0.25, -0.2) is 4.79 Å². The number of nitrogens with two attached hydrogens (primary N) is 1. The molecule has 116 valence electrons. The number of benzene rings is 2. The molecule has 0 bridgehead atoms. The first kappa shape index (κ1) is 15.6. The van der Waals surface area contributed by atoms with Crippen molar-refractivity contribution in [2.45, 2.75) is 6.42 Å². The van der Waals surface area contributed by atoms with Gasteiger partial charge < -0.3 is 10.2 Å². The number of hydrogen-bond donors (Lipinski definition) is 1. The van der Waals surface area contributed by atoms with Crippen molar-refractivity contribution in [2.24, 2.45) is 0 Å². The number of carbonyl (C=O) groups is 1. The summed E-state index contributed by atoms with van der Waals surface area (Å²) >= 11 is 11.8. The molecule has 3 aromatic rings. The number of ketones is 1. The number of carbonyl (C=O) groups excluding carboxylic acids is 1. The van der Waals surface area contributed by atoms with E-state index in [1.165, 1.54) is 6.07 Å². The van der Waals surface area contributed by atoms with Crippen LogP contribution in [0, 0.1) is 0 Å². The SMILES string of the molecule is Nc1cc(CC(=O)c2cc3cc(Cl)ccc3oc2=O)ccc1Cl. The van der Waals surface area contributed by atoms with Crippen LogP contribution in [0.4, 0.5) is 5.69 Å². The highest BCUT2D eigenvalue weighted by Crippen LogP contribution is 2.22. The standard InChI is InChI=1S/C17H11Cl2NO3/c18-11-2-4-16-10(7-11)8-12(17(22)23-16)15(21)6-9-1-3-13(19)14(20)5-9/h1-5,7-8H,6,20H2. The fourth-order valence-electron chi connectivity index (χ4n) is 2.27. The van der Waals surface area contributed by atoms with Gasteiger partial charge in [0.2, 0.25) is 0 Å². The van der Waals surface area contributed by atoms with Gasteiger partial charge in [0, 0.05) is 16.8 Å². The molecule has 0 amide bonds. The van der Waals surface area contributed by atoms with E-state index in [0.29, 0.717) is 32.3 Å². The minimum Gasteiger partial charge on any atom is -0.422 e. The van der Waals surface area contributed by atoms with Crippen LogP contribution in [0.15, 0.2) is 51.7 Å². The number of fused-ring (bicyclic) bond motifs is 1. The first-order chi connectivity index (χ1) is 10.9. The molecular formula is C17H11Cl2NO3.